The summed E-state index contributed by atoms with van der Waals surface area (Å²) in [5, 5.41) is 2.85. The van der Waals surface area contributed by atoms with E-state index in [0.717, 1.165) is 0 Å². The summed E-state index contributed by atoms with van der Waals surface area (Å²) in [7, 11) is -3.97. The first-order valence-electron chi connectivity index (χ1n) is 9.81. The van der Waals surface area contributed by atoms with E-state index in [0.29, 0.717) is 23.6 Å². The number of hydrogen-bond donors (Lipinski definition) is 2. The van der Waals surface area contributed by atoms with Gasteiger partial charge in [-0.1, -0.05) is 23.7 Å². The number of hydrogen-bond acceptors (Lipinski definition) is 4. The van der Waals surface area contributed by atoms with Crippen molar-refractivity contribution in [3.8, 4) is 5.75 Å². The number of anilines is 1. The van der Waals surface area contributed by atoms with Crippen LogP contribution in [0.15, 0.2) is 71.6 Å². The maximum atomic E-state index is 13.1. The minimum atomic E-state index is -3.97. The number of halogens is 2. The van der Waals surface area contributed by atoms with Crippen molar-refractivity contribution in [3.05, 3.63) is 88.7 Å². The lowest BCUT2D eigenvalue weighted by Gasteiger charge is -2.16. The molecule has 3 rings (SSSR count). The second-order valence-electron chi connectivity index (χ2n) is 6.95. The summed E-state index contributed by atoms with van der Waals surface area (Å²) in [6, 6.07) is 15.6. The topological polar surface area (TPSA) is 84.5 Å². The molecular formula is C23H22ClFN2O4S. The van der Waals surface area contributed by atoms with Gasteiger partial charge in [-0.3, -0.25) is 9.52 Å². The first-order chi connectivity index (χ1) is 15.2. The van der Waals surface area contributed by atoms with Crippen LogP contribution in [-0.2, 0) is 10.0 Å². The lowest BCUT2D eigenvalue weighted by atomic mass is 10.1. The summed E-state index contributed by atoms with van der Waals surface area (Å²) in [5.41, 5.74) is 1.05. The van der Waals surface area contributed by atoms with Crippen LogP contribution >= 0.6 is 11.6 Å². The maximum absolute atomic E-state index is 13.1. The van der Waals surface area contributed by atoms with Gasteiger partial charge in [0.15, 0.2) is 0 Å². The Bertz CT molecular complexity index is 1200. The van der Waals surface area contributed by atoms with E-state index in [1.807, 2.05) is 6.92 Å². The molecule has 3 aromatic rings. The van der Waals surface area contributed by atoms with Gasteiger partial charge in [-0.2, -0.15) is 0 Å². The summed E-state index contributed by atoms with van der Waals surface area (Å²) in [4.78, 5) is 12.6. The highest BCUT2D eigenvalue weighted by Gasteiger charge is 2.20. The molecule has 9 heteroatoms. The highest BCUT2D eigenvalue weighted by Crippen LogP contribution is 2.24. The fourth-order valence-electron chi connectivity index (χ4n) is 2.95. The predicted octanol–water partition coefficient (Wildman–Crippen LogP) is 5.17. The maximum Gasteiger partial charge on any atom is 0.261 e. The first-order valence-corrected chi connectivity index (χ1v) is 11.7. The molecule has 0 radical (unpaired) electrons. The van der Waals surface area contributed by atoms with Gasteiger partial charge < -0.3 is 10.1 Å². The van der Waals surface area contributed by atoms with Crippen molar-refractivity contribution in [1.29, 1.82) is 0 Å². The van der Waals surface area contributed by atoms with Gasteiger partial charge in [0.2, 0.25) is 0 Å². The molecular weight excluding hydrogens is 455 g/mol. The molecule has 0 aliphatic carbocycles. The average molecular weight is 477 g/mol. The van der Waals surface area contributed by atoms with Crippen LogP contribution in [0.25, 0.3) is 0 Å². The highest BCUT2D eigenvalue weighted by atomic mass is 35.5. The quantitative estimate of drug-likeness (QED) is 0.469. The molecule has 1 unspecified atom stereocenters. The van der Waals surface area contributed by atoms with Crippen molar-refractivity contribution in [1.82, 2.24) is 5.32 Å². The second kappa shape index (κ2) is 10.0. The molecule has 0 spiro atoms. The average Bonchev–Trinajstić information content (AvgIpc) is 2.75. The molecule has 32 heavy (non-hydrogen) atoms. The lowest BCUT2D eigenvalue weighted by molar-refractivity contribution is 0.0940. The molecule has 0 saturated heterocycles. The summed E-state index contributed by atoms with van der Waals surface area (Å²) in [6.07, 6.45) is 0. The molecule has 0 aromatic heterocycles. The zero-order chi connectivity index (χ0) is 23.3. The van der Waals surface area contributed by atoms with Crippen LogP contribution in [0.4, 0.5) is 10.1 Å². The van der Waals surface area contributed by atoms with Crippen LogP contribution in [0, 0.1) is 5.82 Å². The Morgan fingerprint density at radius 1 is 1.06 bits per heavy atom. The van der Waals surface area contributed by atoms with Gasteiger partial charge in [-0.15, -0.1) is 0 Å². The van der Waals surface area contributed by atoms with E-state index >= 15 is 0 Å². The van der Waals surface area contributed by atoms with Gasteiger partial charge in [0, 0.05) is 5.69 Å². The Balaban J connectivity index is 1.79. The molecule has 0 bridgehead atoms. The number of nitrogens with one attached hydrogen (secondary N) is 2. The third-order valence-corrected chi connectivity index (χ3v) is 6.34. The number of sulfonamides is 1. The van der Waals surface area contributed by atoms with Crippen molar-refractivity contribution in [2.75, 3.05) is 11.3 Å². The van der Waals surface area contributed by atoms with Crippen LogP contribution in [0.1, 0.15) is 35.8 Å². The second-order valence-corrected chi connectivity index (χ2v) is 9.04. The highest BCUT2D eigenvalue weighted by molar-refractivity contribution is 7.92. The Morgan fingerprint density at radius 3 is 2.34 bits per heavy atom. The standard InChI is InChI=1S/C23H22ClFN2O4S/c1-3-31-19-10-8-18(9-11-19)27-32(29,30)20-12-13-22(24)21(14-20)23(28)26-15(2)16-4-6-17(25)7-5-16/h4-15,27H,3H2,1-2H3,(H,26,28). The van der Waals surface area contributed by atoms with E-state index in [4.69, 9.17) is 16.3 Å². The number of rotatable bonds is 8. The molecule has 2 N–H and O–H groups in total. The van der Waals surface area contributed by atoms with Gasteiger partial charge in [-0.05, 0) is 74.0 Å². The van der Waals surface area contributed by atoms with Crippen molar-refractivity contribution in [3.63, 3.8) is 0 Å². The van der Waals surface area contributed by atoms with Gasteiger partial charge in [0.05, 0.1) is 28.1 Å². The largest absolute Gasteiger partial charge is 0.494 e. The van der Waals surface area contributed by atoms with Gasteiger partial charge >= 0.3 is 0 Å². The fourth-order valence-corrected chi connectivity index (χ4v) is 4.24. The summed E-state index contributed by atoms with van der Waals surface area (Å²) in [6.45, 7) is 4.08. The van der Waals surface area contributed by atoms with Crippen LogP contribution in [-0.4, -0.2) is 20.9 Å². The minimum absolute atomic E-state index is 0.00944. The molecule has 3 aromatic carbocycles. The normalized spacial score (nSPS) is 12.1. The Morgan fingerprint density at radius 2 is 1.72 bits per heavy atom. The predicted molar refractivity (Wildman–Crippen MR) is 122 cm³/mol. The van der Waals surface area contributed by atoms with Crippen LogP contribution in [0.5, 0.6) is 5.75 Å². The van der Waals surface area contributed by atoms with Gasteiger partial charge in [0.25, 0.3) is 15.9 Å². The third-order valence-electron chi connectivity index (χ3n) is 4.63. The molecule has 0 aliphatic rings. The monoisotopic (exact) mass is 476 g/mol. The van der Waals surface area contributed by atoms with Crippen molar-refractivity contribution in [2.24, 2.45) is 0 Å². The summed E-state index contributed by atoms with van der Waals surface area (Å²) in [5.74, 6) is -0.311. The number of carbonyl (C=O) groups excluding carboxylic acids is 1. The minimum Gasteiger partial charge on any atom is -0.494 e. The van der Waals surface area contributed by atoms with E-state index < -0.39 is 22.0 Å². The molecule has 1 amide bonds. The number of ether oxygens (including phenoxy) is 1. The van der Waals surface area contributed by atoms with E-state index in [-0.39, 0.29) is 21.3 Å². The lowest BCUT2D eigenvalue weighted by Crippen LogP contribution is -2.27. The number of carbonyl (C=O) groups is 1. The SMILES string of the molecule is CCOc1ccc(NS(=O)(=O)c2ccc(Cl)c(C(=O)NC(C)c3ccc(F)cc3)c2)cc1. The van der Waals surface area contributed by atoms with E-state index in [1.165, 1.54) is 30.3 Å². The van der Waals surface area contributed by atoms with Crippen LogP contribution in [0.3, 0.4) is 0 Å². The Kier molecular flexibility index (Phi) is 7.37. The van der Waals surface area contributed by atoms with E-state index in [1.54, 1.807) is 43.3 Å². The molecule has 6 nitrogen and oxygen atoms in total. The third kappa shape index (κ3) is 5.77. The van der Waals surface area contributed by atoms with E-state index in [2.05, 4.69) is 10.0 Å². The van der Waals surface area contributed by atoms with E-state index in [9.17, 15) is 17.6 Å². The van der Waals surface area contributed by atoms with Crippen molar-refractivity contribution in [2.45, 2.75) is 24.8 Å². The van der Waals surface area contributed by atoms with Crippen molar-refractivity contribution < 1.29 is 22.3 Å². The molecule has 0 fully saturated rings. The molecule has 1 atom stereocenters. The Labute approximate surface area is 191 Å². The summed E-state index contributed by atoms with van der Waals surface area (Å²) < 4.78 is 46.6. The first kappa shape index (κ1) is 23.6. The smallest absolute Gasteiger partial charge is 0.261 e. The van der Waals surface area contributed by atoms with Crippen LogP contribution < -0.4 is 14.8 Å². The molecule has 0 heterocycles. The van der Waals surface area contributed by atoms with Crippen molar-refractivity contribution >= 4 is 33.2 Å². The van der Waals surface area contributed by atoms with Crippen LogP contribution in [0.2, 0.25) is 5.02 Å². The zero-order valence-corrected chi connectivity index (χ0v) is 19.0. The fraction of sp³-hybridized carbons (Fsp3) is 0.174. The van der Waals surface area contributed by atoms with Gasteiger partial charge in [-0.25, -0.2) is 12.8 Å². The number of benzene rings is 3. The zero-order valence-electron chi connectivity index (χ0n) is 17.4. The molecule has 0 saturated carbocycles. The van der Waals surface area contributed by atoms with Gasteiger partial charge in [0.1, 0.15) is 11.6 Å². The summed E-state index contributed by atoms with van der Waals surface area (Å²) >= 11 is 6.16. The molecule has 168 valence electrons. The number of amides is 1. The Hall–Kier alpha value is -3.10. The molecule has 0 aliphatic heterocycles.